The third kappa shape index (κ3) is 2.58. The van der Waals surface area contributed by atoms with Crippen LogP contribution in [0, 0.1) is 0 Å². The number of hydrogen-bond acceptors (Lipinski definition) is 4. The minimum absolute atomic E-state index is 0.730. The lowest BCUT2D eigenvalue weighted by atomic mass is 10.3. The van der Waals surface area contributed by atoms with Crippen LogP contribution in [0.3, 0.4) is 0 Å². The van der Waals surface area contributed by atoms with Crippen LogP contribution in [0.5, 0.6) is 0 Å². The molecule has 0 aliphatic carbocycles. The molecule has 1 aromatic rings. The minimum Gasteiger partial charge on any atom is -0.354 e. The van der Waals surface area contributed by atoms with Crippen LogP contribution in [0.25, 0.3) is 0 Å². The van der Waals surface area contributed by atoms with Crippen LogP contribution >= 0.6 is 23.4 Å². The summed E-state index contributed by atoms with van der Waals surface area (Å²) in [7, 11) is 0. The number of benzene rings is 1. The van der Waals surface area contributed by atoms with Crippen LogP contribution in [-0.4, -0.2) is 25.3 Å². The third-order valence-corrected chi connectivity index (χ3v) is 3.12. The summed E-state index contributed by atoms with van der Waals surface area (Å²) in [5.74, 6) is 0.826. The van der Waals surface area contributed by atoms with E-state index in [9.17, 15) is 0 Å². The monoisotopic (exact) mass is 241 g/mol. The van der Waals surface area contributed by atoms with E-state index in [0.29, 0.717) is 0 Å². The molecule has 1 aromatic carbocycles. The molecule has 1 aliphatic heterocycles. The van der Waals surface area contributed by atoms with Gasteiger partial charge >= 0.3 is 0 Å². The van der Waals surface area contributed by atoms with Crippen LogP contribution < -0.4 is 10.6 Å². The quantitative estimate of drug-likeness (QED) is 0.781. The topological polar surface area (TPSA) is 36.4 Å². The molecule has 2 rings (SSSR count). The number of nitrogens with one attached hydrogen (secondary N) is 2. The van der Waals surface area contributed by atoms with Crippen molar-refractivity contribution in [3.63, 3.8) is 0 Å². The summed E-state index contributed by atoms with van der Waals surface area (Å²) in [5.41, 5.74) is 1.00. The maximum absolute atomic E-state index is 5.95. The van der Waals surface area contributed by atoms with E-state index in [1.54, 1.807) is 11.8 Å². The molecule has 0 saturated heterocycles. The van der Waals surface area contributed by atoms with Crippen LogP contribution in [0.2, 0.25) is 5.02 Å². The Balaban J connectivity index is 2.21. The van der Waals surface area contributed by atoms with Crippen LogP contribution in [-0.2, 0) is 0 Å². The lowest BCUT2D eigenvalue weighted by molar-refractivity contribution is 0.959. The number of guanidine groups is 1. The number of anilines is 1. The molecular weight excluding hydrogens is 230 g/mol. The highest BCUT2D eigenvalue weighted by Crippen LogP contribution is 2.28. The summed E-state index contributed by atoms with van der Waals surface area (Å²) < 4.78 is 0. The second kappa shape index (κ2) is 4.77. The Morgan fingerprint density at radius 3 is 3.07 bits per heavy atom. The molecule has 0 bridgehead atoms. The minimum atomic E-state index is 0.730. The van der Waals surface area contributed by atoms with Crippen molar-refractivity contribution in [2.45, 2.75) is 4.90 Å². The number of aliphatic imine (C=N–C) groups is 1. The Hall–Kier alpha value is -0.870. The van der Waals surface area contributed by atoms with Crippen molar-refractivity contribution in [3.8, 4) is 0 Å². The summed E-state index contributed by atoms with van der Waals surface area (Å²) in [6.07, 6.45) is 2.04. The van der Waals surface area contributed by atoms with E-state index in [2.05, 4.69) is 15.6 Å². The van der Waals surface area contributed by atoms with E-state index in [4.69, 9.17) is 11.6 Å². The highest BCUT2D eigenvalue weighted by atomic mass is 35.5. The molecular formula is C10H12ClN3S. The third-order valence-electron chi connectivity index (χ3n) is 2.09. The Morgan fingerprint density at radius 1 is 1.53 bits per heavy atom. The number of halogens is 1. The highest BCUT2D eigenvalue weighted by Gasteiger charge is 2.08. The predicted molar refractivity (Wildman–Crippen MR) is 67.2 cm³/mol. The van der Waals surface area contributed by atoms with E-state index < -0.39 is 0 Å². The number of rotatable bonds is 2. The van der Waals surface area contributed by atoms with Gasteiger partial charge in [-0.15, -0.1) is 11.8 Å². The van der Waals surface area contributed by atoms with Gasteiger partial charge in [-0.2, -0.15) is 0 Å². The summed E-state index contributed by atoms with van der Waals surface area (Å²) in [6.45, 7) is 1.73. The van der Waals surface area contributed by atoms with Gasteiger partial charge in [0.25, 0.3) is 0 Å². The molecule has 80 valence electrons. The molecule has 5 heteroatoms. The van der Waals surface area contributed by atoms with Gasteiger partial charge in [0.2, 0.25) is 0 Å². The molecule has 0 atom stereocenters. The van der Waals surface area contributed by atoms with Gasteiger partial charge in [-0.05, 0) is 24.5 Å². The van der Waals surface area contributed by atoms with Crippen LogP contribution in [0.15, 0.2) is 28.1 Å². The van der Waals surface area contributed by atoms with Gasteiger partial charge in [0, 0.05) is 16.5 Å². The van der Waals surface area contributed by atoms with Gasteiger partial charge in [-0.1, -0.05) is 11.6 Å². The molecule has 0 amide bonds. The molecule has 0 fully saturated rings. The largest absolute Gasteiger partial charge is 0.354 e. The van der Waals surface area contributed by atoms with E-state index in [0.717, 1.165) is 34.7 Å². The van der Waals surface area contributed by atoms with Gasteiger partial charge in [-0.25, -0.2) is 0 Å². The molecule has 0 aromatic heterocycles. The predicted octanol–water partition coefficient (Wildman–Crippen LogP) is 2.43. The summed E-state index contributed by atoms with van der Waals surface area (Å²) in [5, 5.41) is 7.13. The summed E-state index contributed by atoms with van der Waals surface area (Å²) in [6, 6.07) is 5.81. The first-order chi connectivity index (χ1) is 7.29. The highest BCUT2D eigenvalue weighted by molar-refractivity contribution is 7.98. The first-order valence-corrected chi connectivity index (χ1v) is 6.29. The number of thioether (sulfide) groups is 1. The van der Waals surface area contributed by atoms with Crippen LogP contribution in [0.1, 0.15) is 0 Å². The first kappa shape index (κ1) is 10.6. The fourth-order valence-corrected chi connectivity index (χ4v) is 2.09. The average molecular weight is 242 g/mol. The van der Waals surface area contributed by atoms with Crippen molar-refractivity contribution in [1.29, 1.82) is 0 Å². The normalized spacial score (nSPS) is 14.7. The molecule has 0 spiro atoms. The van der Waals surface area contributed by atoms with Gasteiger partial charge in [0.05, 0.1) is 12.2 Å². The maximum Gasteiger partial charge on any atom is 0.195 e. The molecule has 0 radical (unpaired) electrons. The molecule has 15 heavy (non-hydrogen) atoms. The first-order valence-electron chi connectivity index (χ1n) is 4.68. The van der Waals surface area contributed by atoms with Gasteiger partial charge in [0.1, 0.15) is 0 Å². The summed E-state index contributed by atoms with van der Waals surface area (Å²) in [4.78, 5) is 5.44. The van der Waals surface area contributed by atoms with Crippen molar-refractivity contribution in [3.05, 3.63) is 23.2 Å². The lowest BCUT2D eigenvalue weighted by Gasteiger charge is -2.10. The Morgan fingerprint density at radius 2 is 2.40 bits per heavy atom. The Labute approximate surface area is 98.3 Å². The molecule has 0 unspecified atom stereocenters. The molecule has 1 aliphatic rings. The van der Waals surface area contributed by atoms with E-state index in [1.165, 1.54) is 0 Å². The maximum atomic E-state index is 5.95. The zero-order valence-corrected chi connectivity index (χ0v) is 9.95. The van der Waals surface area contributed by atoms with Crippen molar-refractivity contribution in [1.82, 2.24) is 5.32 Å². The summed E-state index contributed by atoms with van der Waals surface area (Å²) >= 11 is 7.63. The standard InChI is InChI=1S/C10H12ClN3S/c1-15-9-3-2-7(11)6-8(9)14-10-12-4-5-13-10/h2-3,6H,4-5H2,1H3,(H2,12,13,14). The van der Waals surface area contributed by atoms with Crippen molar-refractivity contribution in [2.75, 3.05) is 24.7 Å². The van der Waals surface area contributed by atoms with Crippen molar-refractivity contribution < 1.29 is 0 Å². The van der Waals surface area contributed by atoms with E-state index in [1.807, 2.05) is 24.5 Å². The van der Waals surface area contributed by atoms with Crippen molar-refractivity contribution in [2.24, 2.45) is 4.99 Å². The fraction of sp³-hybridized carbons (Fsp3) is 0.300. The lowest BCUT2D eigenvalue weighted by Crippen LogP contribution is -2.26. The molecule has 0 saturated carbocycles. The van der Waals surface area contributed by atoms with Gasteiger partial charge in [0.15, 0.2) is 5.96 Å². The van der Waals surface area contributed by atoms with E-state index in [-0.39, 0.29) is 0 Å². The Bertz CT molecular complexity index is 392. The zero-order valence-electron chi connectivity index (χ0n) is 8.38. The second-order valence-corrected chi connectivity index (χ2v) is 4.41. The number of nitrogens with zero attached hydrogens (tertiary/aromatic N) is 1. The average Bonchev–Trinajstić information content (AvgIpc) is 2.71. The molecule has 3 nitrogen and oxygen atoms in total. The smallest absolute Gasteiger partial charge is 0.195 e. The van der Waals surface area contributed by atoms with Crippen molar-refractivity contribution >= 4 is 35.0 Å². The fourth-order valence-electron chi connectivity index (χ4n) is 1.39. The molecule has 1 heterocycles. The van der Waals surface area contributed by atoms with E-state index >= 15 is 0 Å². The van der Waals surface area contributed by atoms with Gasteiger partial charge in [-0.3, -0.25) is 4.99 Å². The zero-order chi connectivity index (χ0) is 10.7. The number of hydrogen-bond donors (Lipinski definition) is 2. The molecule has 2 N–H and O–H groups in total. The van der Waals surface area contributed by atoms with Gasteiger partial charge < -0.3 is 10.6 Å². The van der Waals surface area contributed by atoms with Crippen LogP contribution in [0.4, 0.5) is 5.69 Å². The SMILES string of the molecule is CSc1ccc(Cl)cc1NC1=NCCN1. The Kier molecular flexibility index (Phi) is 3.38. The second-order valence-electron chi connectivity index (χ2n) is 3.13.